The molecule has 0 radical (unpaired) electrons. The summed E-state index contributed by atoms with van der Waals surface area (Å²) in [6.07, 6.45) is 1.66. The van der Waals surface area contributed by atoms with Crippen LogP contribution in [0.4, 0.5) is 17.2 Å². The maximum Gasteiger partial charge on any atom is 0.250 e. The highest BCUT2D eigenvalue weighted by atomic mass is 16.5. The van der Waals surface area contributed by atoms with Crippen molar-refractivity contribution < 1.29 is 14.3 Å². The number of rotatable bonds is 2. The Balaban J connectivity index is 1.46. The molecule has 8 nitrogen and oxygen atoms in total. The molecule has 0 saturated carbocycles. The van der Waals surface area contributed by atoms with E-state index in [1.54, 1.807) is 12.3 Å². The Morgan fingerprint density at radius 3 is 2.66 bits per heavy atom. The van der Waals surface area contributed by atoms with Crippen molar-refractivity contribution in [3.8, 4) is 0 Å². The Hall–Kier alpha value is -4.43. The molecular weight excluding hydrogens is 442 g/mol. The molecule has 6 rings (SSSR count). The van der Waals surface area contributed by atoms with Gasteiger partial charge in [-0.05, 0) is 58.5 Å². The van der Waals surface area contributed by atoms with Gasteiger partial charge in [0.2, 0.25) is 11.8 Å². The van der Waals surface area contributed by atoms with E-state index in [0.717, 1.165) is 33.2 Å². The zero-order chi connectivity index (χ0) is 24.2. The largest absolute Gasteiger partial charge is 0.383 e. The third kappa shape index (κ3) is 5.23. The van der Waals surface area contributed by atoms with E-state index in [2.05, 4.69) is 20.9 Å². The normalized spacial score (nSPS) is 16.5. The second-order valence-corrected chi connectivity index (χ2v) is 8.41. The summed E-state index contributed by atoms with van der Waals surface area (Å²) < 4.78 is 5.57. The number of benzene rings is 3. The van der Waals surface area contributed by atoms with Gasteiger partial charge in [-0.25, -0.2) is 4.98 Å². The summed E-state index contributed by atoms with van der Waals surface area (Å²) in [5.74, 6) is 0.0599. The van der Waals surface area contributed by atoms with Gasteiger partial charge in [0.1, 0.15) is 18.5 Å². The van der Waals surface area contributed by atoms with Gasteiger partial charge in [0.15, 0.2) is 0 Å². The maximum atomic E-state index is 13.4. The number of ether oxygens (including phenoxy) is 1. The zero-order valence-corrected chi connectivity index (χ0v) is 19.0. The van der Waals surface area contributed by atoms with Crippen molar-refractivity contribution in [1.29, 1.82) is 0 Å². The van der Waals surface area contributed by atoms with Crippen LogP contribution in [0, 0.1) is 0 Å². The molecule has 35 heavy (non-hydrogen) atoms. The summed E-state index contributed by atoms with van der Waals surface area (Å²) >= 11 is 0. The lowest BCUT2D eigenvalue weighted by molar-refractivity contribution is -0.122. The molecular formula is C27H25N5O3. The SMILES string of the molecule is Nc1nccc2cc(NC3C(=O)NCc4cccc(c4)NC(=O)COCc4ccc3cc4)ccc12. The van der Waals surface area contributed by atoms with E-state index in [1.165, 1.54) is 0 Å². The number of amides is 2. The van der Waals surface area contributed by atoms with Gasteiger partial charge in [0, 0.05) is 29.5 Å². The van der Waals surface area contributed by atoms with Crippen LogP contribution >= 0.6 is 0 Å². The molecule has 2 aliphatic rings. The quantitative estimate of drug-likeness (QED) is 0.357. The average Bonchev–Trinajstić information content (AvgIpc) is 2.86. The smallest absolute Gasteiger partial charge is 0.250 e. The van der Waals surface area contributed by atoms with Gasteiger partial charge in [-0.15, -0.1) is 0 Å². The molecule has 0 saturated heterocycles. The van der Waals surface area contributed by atoms with Crippen LogP contribution in [0.25, 0.3) is 10.8 Å². The van der Waals surface area contributed by atoms with Gasteiger partial charge in [-0.2, -0.15) is 0 Å². The van der Waals surface area contributed by atoms with E-state index in [1.807, 2.05) is 66.7 Å². The van der Waals surface area contributed by atoms with E-state index in [9.17, 15) is 9.59 Å². The molecule has 1 unspecified atom stereocenters. The van der Waals surface area contributed by atoms with Crippen molar-refractivity contribution in [3.63, 3.8) is 0 Å². The number of nitrogens with zero attached hydrogens (tertiary/aromatic N) is 1. The highest BCUT2D eigenvalue weighted by molar-refractivity contribution is 5.94. The summed E-state index contributed by atoms with van der Waals surface area (Å²) in [6, 6.07) is 22.0. The van der Waals surface area contributed by atoms with Crippen molar-refractivity contribution in [2.75, 3.05) is 23.0 Å². The molecule has 4 bridgehead atoms. The van der Waals surface area contributed by atoms with Gasteiger partial charge in [-0.3, -0.25) is 9.59 Å². The third-order valence-electron chi connectivity index (χ3n) is 5.86. The first kappa shape index (κ1) is 22.4. The van der Waals surface area contributed by atoms with Crippen LogP contribution in [0.15, 0.2) is 79.0 Å². The summed E-state index contributed by atoms with van der Waals surface area (Å²) in [6.45, 7) is 0.558. The molecule has 8 heteroatoms. The lowest BCUT2D eigenvalue weighted by Crippen LogP contribution is -2.33. The molecule has 2 aliphatic heterocycles. The van der Waals surface area contributed by atoms with Crippen LogP contribution in [-0.4, -0.2) is 23.4 Å². The number of nitrogens with two attached hydrogens (primary N) is 1. The molecule has 5 N–H and O–H groups in total. The molecule has 176 valence electrons. The van der Waals surface area contributed by atoms with E-state index in [0.29, 0.717) is 18.1 Å². The predicted octanol–water partition coefficient (Wildman–Crippen LogP) is 3.76. The summed E-state index contributed by atoms with van der Waals surface area (Å²) in [4.78, 5) is 29.7. The van der Waals surface area contributed by atoms with Crippen LogP contribution in [0.5, 0.6) is 0 Å². The summed E-state index contributed by atoms with van der Waals surface area (Å²) in [7, 11) is 0. The van der Waals surface area contributed by atoms with Crippen molar-refractivity contribution in [2.24, 2.45) is 0 Å². The molecule has 2 amide bonds. The number of nitrogens with one attached hydrogen (secondary N) is 3. The highest BCUT2D eigenvalue weighted by Gasteiger charge is 2.21. The van der Waals surface area contributed by atoms with Gasteiger partial charge < -0.3 is 26.4 Å². The lowest BCUT2D eigenvalue weighted by atomic mass is 10.0. The van der Waals surface area contributed by atoms with Crippen molar-refractivity contribution in [2.45, 2.75) is 19.2 Å². The summed E-state index contributed by atoms with van der Waals surface area (Å²) in [5.41, 5.74) is 10.0. The van der Waals surface area contributed by atoms with Crippen LogP contribution in [0.2, 0.25) is 0 Å². The minimum absolute atomic E-state index is 0.0467. The first-order valence-corrected chi connectivity index (χ1v) is 11.3. The molecule has 0 aliphatic carbocycles. The molecule has 1 atom stereocenters. The van der Waals surface area contributed by atoms with E-state index >= 15 is 0 Å². The lowest BCUT2D eigenvalue weighted by Gasteiger charge is -2.21. The Morgan fingerprint density at radius 1 is 0.943 bits per heavy atom. The van der Waals surface area contributed by atoms with E-state index in [4.69, 9.17) is 10.5 Å². The monoisotopic (exact) mass is 467 g/mol. The molecule has 0 fully saturated rings. The van der Waals surface area contributed by atoms with Crippen LogP contribution in [0.3, 0.4) is 0 Å². The zero-order valence-electron chi connectivity index (χ0n) is 19.0. The first-order valence-electron chi connectivity index (χ1n) is 11.3. The number of carbonyl (C=O) groups excluding carboxylic acids is 2. The topological polar surface area (TPSA) is 118 Å². The molecule has 0 spiro atoms. The number of nitrogen functional groups attached to an aromatic ring is 1. The number of hydrogen-bond acceptors (Lipinski definition) is 6. The Labute approximate surface area is 202 Å². The number of fused-ring (bicyclic) bond motifs is 10. The van der Waals surface area contributed by atoms with Gasteiger partial charge in [0.25, 0.3) is 0 Å². The summed E-state index contributed by atoms with van der Waals surface area (Å²) in [5, 5.41) is 11.0. The Bertz CT molecular complexity index is 1390. The number of carbonyl (C=O) groups is 2. The molecule has 4 aromatic rings. The second kappa shape index (κ2) is 9.82. The Kier molecular flexibility index (Phi) is 6.28. The standard InChI is InChI=1S/C27H25N5O3/c28-26-23-9-8-22(13-20(23)10-11-29-26)32-25-19-6-4-17(5-7-19)15-35-16-24(33)31-21-3-1-2-18(12-21)14-30-27(25)34/h1-13,25,32H,14-16H2,(H2,28,29)(H,30,34)(H,31,33). The van der Waals surface area contributed by atoms with Gasteiger partial charge in [-0.1, -0.05) is 36.4 Å². The average molecular weight is 468 g/mol. The van der Waals surface area contributed by atoms with E-state index in [-0.39, 0.29) is 25.0 Å². The van der Waals surface area contributed by atoms with Crippen molar-refractivity contribution in [3.05, 3.63) is 95.7 Å². The fourth-order valence-electron chi connectivity index (χ4n) is 4.07. The van der Waals surface area contributed by atoms with Crippen LogP contribution in [-0.2, 0) is 27.5 Å². The molecule has 3 aromatic carbocycles. The van der Waals surface area contributed by atoms with Crippen LogP contribution < -0.4 is 21.7 Å². The molecule has 1 aromatic heterocycles. The second-order valence-electron chi connectivity index (χ2n) is 8.41. The third-order valence-corrected chi connectivity index (χ3v) is 5.86. The first-order chi connectivity index (χ1) is 17.0. The fourth-order valence-corrected chi connectivity index (χ4v) is 4.07. The minimum atomic E-state index is -0.627. The number of anilines is 3. The van der Waals surface area contributed by atoms with Gasteiger partial charge in [0.05, 0.1) is 6.61 Å². The highest BCUT2D eigenvalue weighted by Crippen LogP contribution is 2.26. The number of hydrogen-bond donors (Lipinski definition) is 4. The number of pyridine rings is 1. The van der Waals surface area contributed by atoms with Crippen molar-refractivity contribution in [1.82, 2.24) is 10.3 Å². The number of aromatic nitrogens is 1. The predicted molar refractivity (Wildman–Crippen MR) is 136 cm³/mol. The van der Waals surface area contributed by atoms with E-state index < -0.39 is 6.04 Å². The fraction of sp³-hybridized carbons (Fsp3) is 0.148. The maximum absolute atomic E-state index is 13.4. The Morgan fingerprint density at radius 2 is 1.80 bits per heavy atom. The van der Waals surface area contributed by atoms with Gasteiger partial charge >= 0.3 is 0 Å². The van der Waals surface area contributed by atoms with Crippen LogP contribution in [0.1, 0.15) is 22.7 Å². The molecule has 3 heterocycles. The van der Waals surface area contributed by atoms with Crippen molar-refractivity contribution >= 4 is 39.8 Å². The minimum Gasteiger partial charge on any atom is -0.383 e.